The molecule has 10 heteroatoms. The van der Waals surface area contributed by atoms with Gasteiger partial charge in [-0.1, -0.05) is 0 Å². The first-order chi connectivity index (χ1) is 13.6. The normalized spacial score (nSPS) is 24.8. The molecular weight excluding hydrogens is 378 g/mol. The third-order valence-electron chi connectivity index (χ3n) is 5.47. The lowest BCUT2D eigenvalue weighted by atomic mass is 10.2. The molecule has 29 heavy (non-hydrogen) atoms. The van der Waals surface area contributed by atoms with Gasteiger partial charge in [-0.15, -0.1) is 0 Å². The molecule has 0 bridgehead atoms. The van der Waals surface area contributed by atoms with Crippen LogP contribution in [-0.2, 0) is 27.4 Å². The Bertz CT molecular complexity index is 845. The molecule has 1 aromatic heterocycles. The van der Waals surface area contributed by atoms with Crippen LogP contribution in [0.1, 0.15) is 39.8 Å². The number of aromatic nitrogens is 2. The van der Waals surface area contributed by atoms with Crippen LogP contribution in [0.4, 0.5) is 15.3 Å². The summed E-state index contributed by atoms with van der Waals surface area (Å²) in [5, 5.41) is 4.43. The van der Waals surface area contributed by atoms with E-state index in [9.17, 15) is 14.4 Å². The van der Waals surface area contributed by atoms with Gasteiger partial charge in [0.05, 0.1) is 49.3 Å². The maximum atomic E-state index is 12.7. The second kappa shape index (κ2) is 6.93. The Morgan fingerprint density at radius 1 is 1.28 bits per heavy atom. The molecule has 0 saturated carbocycles. The fourth-order valence-electron chi connectivity index (χ4n) is 4.04. The van der Waals surface area contributed by atoms with Gasteiger partial charge in [0.1, 0.15) is 12.2 Å². The maximum absolute atomic E-state index is 12.7. The molecule has 158 valence electrons. The van der Waals surface area contributed by atoms with Gasteiger partial charge < -0.3 is 14.4 Å². The summed E-state index contributed by atoms with van der Waals surface area (Å²) < 4.78 is 12.4. The summed E-state index contributed by atoms with van der Waals surface area (Å²) >= 11 is 0. The van der Waals surface area contributed by atoms with E-state index in [-0.39, 0.29) is 36.6 Å². The smallest absolute Gasteiger partial charge is 0.410 e. The van der Waals surface area contributed by atoms with Crippen LogP contribution in [0.25, 0.3) is 0 Å². The van der Waals surface area contributed by atoms with Gasteiger partial charge in [0, 0.05) is 13.0 Å². The zero-order valence-corrected chi connectivity index (χ0v) is 17.3. The molecule has 3 aliphatic rings. The van der Waals surface area contributed by atoms with Crippen molar-refractivity contribution in [3.8, 4) is 0 Å². The zero-order chi connectivity index (χ0) is 20.9. The predicted octanol–water partition coefficient (Wildman–Crippen LogP) is 1.58. The van der Waals surface area contributed by atoms with Gasteiger partial charge in [-0.2, -0.15) is 5.10 Å². The SMILES string of the molecule is C[C@H]1Cn2ncc(N3CC(N4CCOC4=O)CC3=O)c2CN1C(=O)OC(C)(C)C. The second-order valence-corrected chi connectivity index (χ2v) is 8.79. The number of rotatable bonds is 2. The number of hydrogen-bond donors (Lipinski definition) is 0. The van der Waals surface area contributed by atoms with E-state index in [1.54, 1.807) is 20.9 Å². The Labute approximate surface area is 169 Å². The highest BCUT2D eigenvalue weighted by molar-refractivity contribution is 5.97. The highest BCUT2D eigenvalue weighted by Gasteiger charge is 2.41. The number of fused-ring (bicyclic) bond motifs is 1. The molecule has 3 aliphatic heterocycles. The number of cyclic esters (lactones) is 1. The van der Waals surface area contributed by atoms with E-state index in [0.717, 1.165) is 5.69 Å². The predicted molar refractivity (Wildman–Crippen MR) is 102 cm³/mol. The summed E-state index contributed by atoms with van der Waals surface area (Å²) in [6.07, 6.45) is 1.18. The molecule has 10 nitrogen and oxygen atoms in total. The quantitative estimate of drug-likeness (QED) is 0.741. The number of anilines is 1. The van der Waals surface area contributed by atoms with Gasteiger partial charge in [0.2, 0.25) is 5.91 Å². The molecule has 4 heterocycles. The largest absolute Gasteiger partial charge is 0.448 e. The minimum atomic E-state index is -0.584. The Kier molecular flexibility index (Phi) is 4.66. The number of ether oxygens (including phenoxy) is 2. The molecule has 3 amide bonds. The summed E-state index contributed by atoms with van der Waals surface area (Å²) in [5.74, 6) is -0.0621. The lowest BCUT2D eigenvalue weighted by molar-refractivity contribution is -0.117. The van der Waals surface area contributed by atoms with Crippen molar-refractivity contribution < 1.29 is 23.9 Å². The van der Waals surface area contributed by atoms with Crippen molar-refractivity contribution >= 4 is 23.8 Å². The average molecular weight is 405 g/mol. The summed E-state index contributed by atoms with van der Waals surface area (Å²) in [4.78, 5) is 42.2. The van der Waals surface area contributed by atoms with E-state index in [4.69, 9.17) is 9.47 Å². The maximum Gasteiger partial charge on any atom is 0.410 e. The summed E-state index contributed by atoms with van der Waals surface area (Å²) in [6, 6.07) is -0.288. The zero-order valence-electron chi connectivity index (χ0n) is 17.3. The highest BCUT2D eigenvalue weighted by Crippen LogP contribution is 2.32. The van der Waals surface area contributed by atoms with Crippen LogP contribution in [0.3, 0.4) is 0 Å². The molecule has 0 aliphatic carbocycles. The number of nitrogens with zero attached hydrogens (tertiary/aromatic N) is 5. The monoisotopic (exact) mass is 405 g/mol. The minimum absolute atomic E-state index is 0.0621. The van der Waals surface area contributed by atoms with Crippen molar-refractivity contribution in [2.75, 3.05) is 24.6 Å². The van der Waals surface area contributed by atoms with Crippen LogP contribution < -0.4 is 4.90 Å². The Balaban J connectivity index is 1.54. The van der Waals surface area contributed by atoms with Crippen molar-refractivity contribution in [3.63, 3.8) is 0 Å². The van der Waals surface area contributed by atoms with Crippen molar-refractivity contribution in [3.05, 3.63) is 11.9 Å². The third-order valence-corrected chi connectivity index (χ3v) is 5.47. The van der Waals surface area contributed by atoms with E-state index in [1.165, 1.54) is 0 Å². The van der Waals surface area contributed by atoms with Gasteiger partial charge >= 0.3 is 12.2 Å². The van der Waals surface area contributed by atoms with Crippen LogP contribution in [0.5, 0.6) is 0 Å². The van der Waals surface area contributed by atoms with Gasteiger partial charge in [-0.3, -0.25) is 19.3 Å². The molecule has 2 atom stereocenters. The number of amides is 3. The summed E-state index contributed by atoms with van der Waals surface area (Å²) in [7, 11) is 0. The standard InChI is InChI=1S/C19H27N5O5/c1-12-9-24-15(11-22(12)18(27)29-19(2,3)4)14(8-20-24)23-10-13(7-16(23)25)21-5-6-28-17(21)26/h8,12-13H,5-7,9-11H2,1-4H3/t12-,13?/m0/s1. The van der Waals surface area contributed by atoms with Crippen LogP contribution in [0, 0.1) is 0 Å². The Morgan fingerprint density at radius 3 is 2.69 bits per heavy atom. The van der Waals surface area contributed by atoms with Gasteiger partial charge in [-0.25, -0.2) is 9.59 Å². The summed E-state index contributed by atoms with van der Waals surface area (Å²) in [6.45, 7) is 9.55. The molecule has 0 spiro atoms. The topological polar surface area (TPSA) is 97.2 Å². The molecule has 1 aromatic rings. The first kappa shape index (κ1) is 19.5. The first-order valence-corrected chi connectivity index (χ1v) is 9.92. The molecule has 1 unspecified atom stereocenters. The van der Waals surface area contributed by atoms with Crippen LogP contribution in [0.2, 0.25) is 0 Å². The fourth-order valence-corrected chi connectivity index (χ4v) is 4.04. The van der Waals surface area contributed by atoms with Crippen LogP contribution in [-0.4, -0.2) is 75.1 Å². The Morgan fingerprint density at radius 2 is 2.03 bits per heavy atom. The molecule has 2 saturated heterocycles. The molecule has 0 N–H and O–H groups in total. The van der Waals surface area contributed by atoms with E-state index in [1.807, 2.05) is 32.4 Å². The van der Waals surface area contributed by atoms with E-state index >= 15 is 0 Å². The number of hydrogen-bond acceptors (Lipinski definition) is 6. The number of carbonyl (C=O) groups excluding carboxylic acids is 3. The van der Waals surface area contributed by atoms with Crippen molar-refractivity contribution in [1.29, 1.82) is 0 Å². The fraction of sp³-hybridized carbons (Fsp3) is 0.684. The number of carbonyl (C=O) groups is 3. The van der Waals surface area contributed by atoms with Gasteiger partial charge in [-0.05, 0) is 27.7 Å². The van der Waals surface area contributed by atoms with Gasteiger partial charge in [0.25, 0.3) is 0 Å². The third kappa shape index (κ3) is 3.63. The molecule has 0 aromatic carbocycles. The van der Waals surface area contributed by atoms with Crippen molar-refractivity contribution in [2.24, 2.45) is 0 Å². The van der Waals surface area contributed by atoms with Crippen molar-refractivity contribution in [2.45, 2.75) is 64.9 Å². The molecule has 0 radical (unpaired) electrons. The second-order valence-electron chi connectivity index (χ2n) is 8.79. The molecule has 2 fully saturated rings. The molecular formula is C19H27N5O5. The van der Waals surface area contributed by atoms with E-state index in [0.29, 0.717) is 38.5 Å². The first-order valence-electron chi connectivity index (χ1n) is 9.92. The van der Waals surface area contributed by atoms with Gasteiger partial charge in [0.15, 0.2) is 0 Å². The highest BCUT2D eigenvalue weighted by atomic mass is 16.6. The Hall–Kier alpha value is -2.78. The average Bonchev–Trinajstić information content (AvgIpc) is 3.30. The molecule has 4 rings (SSSR count). The van der Waals surface area contributed by atoms with Crippen LogP contribution in [0.15, 0.2) is 6.20 Å². The van der Waals surface area contributed by atoms with E-state index in [2.05, 4.69) is 5.10 Å². The lowest BCUT2D eigenvalue weighted by Crippen LogP contribution is -2.47. The van der Waals surface area contributed by atoms with Crippen molar-refractivity contribution in [1.82, 2.24) is 19.6 Å². The van der Waals surface area contributed by atoms with E-state index < -0.39 is 5.60 Å². The summed E-state index contributed by atoms with van der Waals surface area (Å²) in [5.41, 5.74) is 0.900. The van der Waals surface area contributed by atoms with Crippen LogP contribution >= 0.6 is 0 Å². The lowest BCUT2D eigenvalue weighted by Gasteiger charge is -2.36. The minimum Gasteiger partial charge on any atom is -0.448 e.